The van der Waals surface area contributed by atoms with E-state index in [1.54, 1.807) is 13.0 Å². The van der Waals surface area contributed by atoms with Crippen molar-refractivity contribution in [2.24, 2.45) is 5.92 Å². The summed E-state index contributed by atoms with van der Waals surface area (Å²) in [5.41, 5.74) is 0.841. The first-order chi connectivity index (χ1) is 12.8. The molecule has 146 valence electrons. The summed E-state index contributed by atoms with van der Waals surface area (Å²) in [6.45, 7) is 5.89. The van der Waals surface area contributed by atoms with E-state index in [1.807, 2.05) is 0 Å². The van der Waals surface area contributed by atoms with E-state index >= 15 is 0 Å². The Morgan fingerprint density at radius 2 is 2.11 bits per heavy atom. The van der Waals surface area contributed by atoms with E-state index in [9.17, 15) is 19.1 Å². The third kappa shape index (κ3) is 5.47. The van der Waals surface area contributed by atoms with Crippen LogP contribution in [0.1, 0.15) is 31.5 Å². The van der Waals surface area contributed by atoms with Crippen molar-refractivity contribution in [3.8, 4) is 11.4 Å². The fraction of sp³-hybridized carbons (Fsp3) is 0.450. The van der Waals surface area contributed by atoms with Gasteiger partial charge in [0.15, 0.2) is 0 Å². The highest BCUT2D eigenvalue weighted by molar-refractivity contribution is 5.76. The quantitative estimate of drug-likeness (QED) is 0.740. The molecule has 2 N–H and O–H groups in total. The number of benzene rings is 1. The molecule has 0 aliphatic rings. The lowest BCUT2D eigenvalue weighted by molar-refractivity contribution is -0.121. The molecule has 1 aromatic heterocycles. The van der Waals surface area contributed by atoms with E-state index < -0.39 is 11.4 Å². The van der Waals surface area contributed by atoms with Crippen LogP contribution in [0.3, 0.4) is 0 Å². The topological polar surface area (TPSA) is 84.2 Å². The highest BCUT2D eigenvalue weighted by Crippen LogP contribution is 2.18. The maximum Gasteiger partial charge on any atom is 0.257 e. The monoisotopic (exact) mass is 375 g/mol. The molecule has 0 unspecified atom stereocenters. The molecular weight excluding hydrogens is 349 g/mol. The minimum Gasteiger partial charge on any atom is -0.396 e. The molecule has 0 bridgehead atoms. The van der Waals surface area contributed by atoms with Crippen molar-refractivity contribution in [1.82, 2.24) is 14.9 Å². The maximum absolute atomic E-state index is 13.7. The van der Waals surface area contributed by atoms with Gasteiger partial charge in [0.1, 0.15) is 18.2 Å². The molecule has 0 saturated carbocycles. The van der Waals surface area contributed by atoms with E-state index in [2.05, 4.69) is 24.1 Å². The second-order valence-electron chi connectivity index (χ2n) is 6.91. The van der Waals surface area contributed by atoms with Crippen LogP contribution in [-0.4, -0.2) is 33.7 Å². The van der Waals surface area contributed by atoms with Gasteiger partial charge in [0, 0.05) is 36.4 Å². The highest BCUT2D eigenvalue weighted by Gasteiger charge is 2.18. The first-order valence-electron chi connectivity index (χ1n) is 9.07. The van der Waals surface area contributed by atoms with Gasteiger partial charge in [0.25, 0.3) is 5.56 Å². The van der Waals surface area contributed by atoms with Gasteiger partial charge in [-0.2, -0.15) is 0 Å². The third-order valence-electron chi connectivity index (χ3n) is 4.26. The fourth-order valence-electron chi connectivity index (χ4n) is 2.79. The van der Waals surface area contributed by atoms with E-state index in [-0.39, 0.29) is 31.3 Å². The number of aromatic nitrogens is 2. The van der Waals surface area contributed by atoms with Crippen molar-refractivity contribution in [2.75, 3.05) is 13.2 Å². The molecule has 0 radical (unpaired) electrons. The SMILES string of the molecule is Cc1nc(-c2cccc(F)c2)n(CC(=O)NCCC(C)C)c(=O)c1CCO. The molecule has 1 heterocycles. The summed E-state index contributed by atoms with van der Waals surface area (Å²) in [6.07, 6.45) is 0.982. The lowest BCUT2D eigenvalue weighted by atomic mass is 10.1. The molecule has 6 nitrogen and oxygen atoms in total. The Morgan fingerprint density at radius 1 is 1.37 bits per heavy atom. The molecule has 0 aliphatic carbocycles. The number of carbonyl (C=O) groups is 1. The van der Waals surface area contributed by atoms with Crippen molar-refractivity contribution in [2.45, 2.75) is 40.2 Å². The second kappa shape index (κ2) is 9.41. The number of carbonyl (C=O) groups excluding carboxylic acids is 1. The summed E-state index contributed by atoms with van der Waals surface area (Å²) in [5.74, 6) is -0.0754. The van der Waals surface area contributed by atoms with E-state index in [1.165, 1.54) is 22.8 Å². The van der Waals surface area contributed by atoms with Gasteiger partial charge in [-0.1, -0.05) is 26.0 Å². The normalized spacial score (nSPS) is 11.0. The smallest absolute Gasteiger partial charge is 0.257 e. The van der Waals surface area contributed by atoms with Crippen LogP contribution in [-0.2, 0) is 17.8 Å². The lowest BCUT2D eigenvalue weighted by Gasteiger charge is -2.16. The number of halogens is 1. The molecule has 2 rings (SSSR count). The molecule has 0 spiro atoms. The average molecular weight is 375 g/mol. The first kappa shape index (κ1) is 20.8. The van der Waals surface area contributed by atoms with Crippen molar-refractivity contribution in [3.05, 3.63) is 51.7 Å². The van der Waals surface area contributed by atoms with Gasteiger partial charge in [-0.15, -0.1) is 0 Å². The molecule has 2 aromatic rings. The fourth-order valence-corrected chi connectivity index (χ4v) is 2.79. The summed E-state index contributed by atoms with van der Waals surface area (Å²) in [4.78, 5) is 29.7. The van der Waals surface area contributed by atoms with Crippen LogP contribution < -0.4 is 10.9 Å². The molecule has 7 heteroatoms. The molecule has 27 heavy (non-hydrogen) atoms. The highest BCUT2D eigenvalue weighted by atomic mass is 19.1. The number of amides is 1. The number of hydrogen-bond acceptors (Lipinski definition) is 4. The van der Waals surface area contributed by atoms with Gasteiger partial charge >= 0.3 is 0 Å². The molecule has 1 amide bonds. The largest absolute Gasteiger partial charge is 0.396 e. The number of aliphatic hydroxyl groups excluding tert-OH is 1. The standard InChI is InChI=1S/C20H26FN3O3/c1-13(2)7-9-22-18(26)12-24-19(15-5-4-6-16(21)11-15)23-14(3)17(8-10-25)20(24)27/h4-6,11,13,25H,7-10,12H2,1-3H3,(H,22,26). The first-order valence-corrected chi connectivity index (χ1v) is 9.07. The summed E-state index contributed by atoms with van der Waals surface area (Å²) in [5, 5.41) is 12.0. The number of rotatable bonds is 8. The van der Waals surface area contributed by atoms with E-state index in [0.717, 1.165) is 6.42 Å². The zero-order chi connectivity index (χ0) is 20.0. The van der Waals surface area contributed by atoms with Crippen LogP contribution in [0.15, 0.2) is 29.1 Å². The molecule has 1 aromatic carbocycles. The third-order valence-corrected chi connectivity index (χ3v) is 4.26. The van der Waals surface area contributed by atoms with Gasteiger partial charge in [-0.25, -0.2) is 9.37 Å². The maximum atomic E-state index is 13.7. The second-order valence-corrected chi connectivity index (χ2v) is 6.91. The van der Waals surface area contributed by atoms with Crippen molar-refractivity contribution >= 4 is 5.91 Å². The van der Waals surface area contributed by atoms with Gasteiger partial charge in [0.05, 0.1) is 0 Å². The Kier molecular flexibility index (Phi) is 7.24. The van der Waals surface area contributed by atoms with Crippen molar-refractivity contribution in [3.63, 3.8) is 0 Å². The minimum absolute atomic E-state index is 0.149. The Bertz CT molecular complexity index is 862. The van der Waals surface area contributed by atoms with Crippen molar-refractivity contribution in [1.29, 1.82) is 0 Å². The lowest BCUT2D eigenvalue weighted by Crippen LogP contribution is -2.36. The number of hydrogen-bond donors (Lipinski definition) is 2. The van der Waals surface area contributed by atoms with Gasteiger partial charge in [-0.05, 0) is 31.4 Å². The molecule has 0 atom stereocenters. The zero-order valence-electron chi connectivity index (χ0n) is 16.0. The number of aryl methyl sites for hydroxylation is 1. The predicted octanol–water partition coefficient (Wildman–Crippen LogP) is 2.05. The van der Waals surface area contributed by atoms with Crippen LogP contribution >= 0.6 is 0 Å². The minimum atomic E-state index is -0.452. The summed E-state index contributed by atoms with van der Waals surface area (Å²) in [6, 6.07) is 5.75. The number of aliphatic hydroxyl groups is 1. The van der Waals surface area contributed by atoms with Gasteiger partial charge in [0.2, 0.25) is 5.91 Å². The predicted molar refractivity (Wildman–Crippen MR) is 102 cm³/mol. The number of nitrogens with zero attached hydrogens (tertiary/aromatic N) is 2. The van der Waals surface area contributed by atoms with Gasteiger partial charge in [-0.3, -0.25) is 14.2 Å². The summed E-state index contributed by atoms with van der Waals surface area (Å²) < 4.78 is 14.9. The molecular formula is C20H26FN3O3. The van der Waals surface area contributed by atoms with Crippen LogP contribution in [0, 0.1) is 18.7 Å². The molecule has 0 saturated heterocycles. The van der Waals surface area contributed by atoms with Crippen LogP contribution in [0.5, 0.6) is 0 Å². The Balaban J connectivity index is 2.44. The van der Waals surface area contributed by atoms with E-state index in [0.29, 0.717) is 29.3 Å². The molecule has 0 fully saturated rings. The summed E-state index contributed by atoms with van der Waals surface area (Å²) in [7, 11) is 0. The zero-order valence-corrected chi connectivity index (χ0v) is 16.0. The number of nitrogens with one attached hydrogen (secondary N) is 1. The average Bonchev–Trinajstić information content (AvgIpc) is 2.60. The summed E-state index contributed by atoms with van der Waals surface area (Å²) >= 11 is 0. The van der Waals surface area contributed by atoms with Crippen LogP contribution in [0.4, 0.5) is 4.39 Å². The van der Waals surface area contributed by atoms with E-state index in [4.69, 9.17) is 0 Å². The van der Waals surface area contributed by atoms with Crippen LogP contribution in [0.25, 0.3) is 11.4 Å². The Labute approximate surface area is 158 Å². The van der Waals surface area contributed by atoms with Gasteiger partial charge < -0.3 is 10.4 Å². The Morgan fingerprint density at radius 3 is 2.74 bits per heavy atom. The molecule has 0 aliphatic heterocycles. The Hall–Kier alpha value is -2.54. The van der Waals surface area contributed by atoms with Crippen molar-refractivity contribution < 1.29 is 14.3 Å². The van der Waals surface area contributed by atoms with Crippen LogP contribution in [0.2, 0.25) is 0 Å².